The van der Waals surface area contributed by atoms with Crippen LogP contribution in [0.5, 0.6) is 0 Å². The first-order valence-electron chi connectivity index (χ1n) is 9.33. The summed E-state index contributed by atoms with van der Waals surface area (Å²) in [6.45, 7) is 5.51. The number of sulfone groups is 1. The van der Waals surface area contributed by atoms with Gasteiger partial charge in [-0.25, -0.2) is 8.42 Å². The van der Waals surface area contributed by atoms with Crippen LogP contribution in [-0.4, -0.2) is 24.5 Å². The van der Waals surface area contributed by atoms with Crippen molar-refractivity contribution in [1.29, 1.82) is 0 Å². The fourth-order valence-electron chi connectivity index (χ4n) is 3.69. The van der Waals surface area contributed by atoms with E-state index in [1.807, 2.05) is 60.9 Å². The number of rotatable bonds is 7. The molecule has 0 aliphatic carbocycles. The van der Waals surface area contributed by atoms with E-state index in [2.05, 4.69) is 0 Å². The van der Waals surface area contributed by atoms with Gasteiger partial charge in [-0.15, -0.1) is 0 Å². The number of nitrogens with zero attached hydrogens (tertiary/aromatic N) is 1. The minimum absolute atomic E-state index is 0.0750. The molecular formula is C22H25NO3S. The van der Waals surface area contributed by atoms with Gasteiger partial charge in [0.15, 0.2) is 15.6 Å². The van der Waals surface area contributed by atoms with Gasteiger partial charge >= 0.3 is 0 Å². The van der Waals surface area contributed by atoms with Gasteiger partial charge in [-0.05, 0) is 19.4 Å². The maximum absolute atomic E-state index is 13.2. The Morgan fingerprint density at radius 2 is 1.63 bits per heavy atom. The summed E-state index contributed by atoms with van der Waals surface area (Å²) in [5.41, 5.74) is 2.70. The second-order valence-electron chi connectivity index (χ2n) is 6.74. The van der Waals surface area contributed by atoms with Crippen molar-refractivity contribution >= 4 is 26.5 Å². The minimum Gasteiger partial charge on any atom is -0.327 e. The lowest BCUT2D eigenvalue weighted by atomic mass is 10.0. The zero-order chi connectivity index (χ0) is 19.6. The van der Waals surface area contributed by atoms with E-state index in [-0.39, 0.29) is 11.5 Å². The van der Waals surface area contributed by atoms with Crippen LogP contribution < -0.4 is 0 Å². The number of hydrogen-bond donors (Lipinski definition) is 0. The number of carbonyl (C=O) groups excluding carboxylic acids is 1. The van der Waals surface area contributed by atoms with Gasteiger partial charge in [0.2, 0.25) is 0 Å². The molecule has 1 aromatic heterocycles. The molecule has 0 aliphatic heterocycles. The SMILES string of the molecule is CCCC(n1c(C)c(C(=O)c2ccccc2)c2ccccc21)S(=O)(=O)CC. The molecule has 0 bridgehead atoms. The number of hydrogen-bond acceptors (Lipinski definition) is 3. The first-order chi connectivity index (χ1) is 12.9. The third kappa shape index (κ3) is 3.44. The van der Waals surface area contributed by atoms with Crippen LogP contribution in [0.4, 0.5) is 0 Å². The average molecular weight is 384 g/mol. The van der Waals surface area contributed by atoms with Crippen LogP contribution in [0.3, 0.4) is 0 Å². The van der Waals surface area contributed by atoms with Crippen LogP contribution in [0.2, 0.25) is 0 Å². The van der Waals surface area contributed by atoms with E-state index in [1.165, 1.54) is 0 Å². The molecule has 1 atom stereocenters. The summed E-state index contributed by atoms with van der Waals surface area (Å²) in [5, 5.41) is 0.144. The van der Waals surface area contributed by atoms with Crippen LogP contribution in [0.15, 0.2) is 54.6 Å². The van der Waals surface area contributed by atoms with Gasteiger partial charge in [0.05, 0.1) is 11.1 Å². The molecule has 27 heavy (non-hydrogen) atoms. The average Bonchev–Trinajstić information content (AvgIpc) is 2.97. The molecule has 0 spiro atoms. The van der Waals surface area contributed by atoms with Crippen LogP contribution in [0, 0.1) is 6.92 Å². The molecule has 3 rings (SSSR count). The van der Waals surface area contributed by atoms with Crippen molar-refractivity contribution in [2.24, 2.45) is 0 Å². The molecular weight excluding hydrogens is 358 g/mol. The largest absolute Gasteiger partial charge is 0.327 e. The van der Waals surface area contributed by atoms with Gasteiger partial charge in [-0.2, -0.15) is 0 Å². The maximum Gasteiger partial charge on any atom is 0.195 e. The second kappa shape index (κ2) is 7.69. The summed E-state index contributed by atoms with van der Waals surface area (Å²) in [4.78, 5) is 13.2. The molecule has 0 saturated carbocycles. The second-order valence-corrected chi connectivity index (χ2v) is 9.18. The first kappa shape index (κ1) is 19.4. The molecule has 0 N–H and O–H groups in total. The number of carbonyl (C=O) groups is 1. The molecule has 0 amide bonds. The number of aromatic nitrogens is 1. The molecule has 0 fully saturated rings. The quantitative estimate of drug-likeness (QED) is 0.545. The van der Waals surface area contributed by atoms with Gasteiger partial charge in [-0.1, -0.05) is 68.8 Å². The van der Waals surface area contributed by atoms with E-state index < -0.39 is 15.2 Å². The summed E-state index contributed by atoms with van der Waals surface area (Å²) in [6.07, 6.45) is 1.27. The topological polar surface area (TPSA) is 56.1 Å². The third-order valence-corrected chi connectivity index (χ3v) is 7.14. The fraction of sp³-hybridized carbons (Fsp3) is 0.318. The highest BCUT2D eigenvalue weighted by Crippen LogP contribution is 2.34. The van der Waals surface area contributed by atoms with E-state index in [0.29, 0.717) is 23.2 Å². The van der Waals surface area contributed by atoms with Crippen molar-refractivity contribution < 1.29 is 13.2 Å². The van der Waals surface area contributed by atoms with Gasteiger partial charge in [0.25, 0.3) is 0 Å². The number of fused-ring (bicyclic) bond motifs is 1. The molecule has 0 saturated heterocycles. The highest BCUT2D eigenvalue weighted by Gasteiger charge is 2.30. The van der Waals surface area contributed by atoms with E-state index in [4.69, 9.17) is 0 Å². The summed E-state index contributed by atoms with van der Waals surface area (Å²) >= 11 is 0. The zero-order valence-electron chi connectivity index (χ0n) is 16.0. The number of benzene rings is 2. The van der Waals surface area contributed by atoms with Crippen LogP contribution >= 0.6 is 0 Å². The number of ketones is 1. The lowest BCUT2D eigenvalue weighted by Crippen LogP contribution is -2.22. The molecule has 2 aromatic carbocycles. The fourth-order valence-corrected chi connectivity index (χ4v) is 5.26. The summed E-state index contributed by atoms with van der Waals surface area (Å²) < 4.78 is 27.5. The lowest BCUT2D eigenvalue weighted by Gasteiger charge is -2.21. The molecule has 4 nitrogen and oxygen atoms in total. The van der Waals surface area contributed by atoms with Crippen LogP contribution in [-0.2, 0) is 9.84 Å². The number of para-hydroxylation sites is 1. The lowest BCUT2D eigenvalue weighted by molar-refractivity contribution is 0.103. The minimum atomic E-state index is -3.31. The Morgan fingerprint density at radius 1 is 1.00 bits per heavy atom. The van der Waals surface area contributed by atoms with E-state index >= 15 is 0 Å². The molecule has 5 heteroatoms. The van der Waals surface area contributed by atoms with Gasteiger partial charge in [-0.3, -0.25) is 4.79 Å². The Morgan fingerprint density at radius 3 is 2.26 bits per heavy atom. The maximum atomic E-state index is 13.2. The predicted octanol–water partition coefficient (Wildman–Crippen LogP) is 4.91. The van der Waals surface area contributed by atoms with Crippen molar-refractivity contribution in [3.8, 4) is 0 Å². The van der Waals surface area contributed by atoms with E-state index in [1.54, 1.807) is 19.1 Å². The highest BCUT2D eigenvalue weighted by atomic mass is 32.2. The van der Waals surface area contributed by atoms with Gasteiger partial charge in [0.1, 0.15) is 5.37 Å². The third-order valence-electron chi connectivity index (χ3n) is 5.06. The predicted molar refractivity (Wildman–Crippen MR) is 110 cm³/mol. The van der Waals surface area contributed by atoms with Crippen molar-refractivity contribution in [1.82, 2.24) is 4.57 Å². The standard InChI is InChI=1S/C22H25NO3S/c1-4-11-20(27(25,26)5-2)23-16(3)21(18-14-9-10-15-19(18)23)22(24)17-12-7-6-8-13-17/h6-10,12-15,20H,4-5,11H2,1-3H3. The van der Waals surface area contributed by atoms with Crippen molar-refractivity contribution in [3.05, 3.63) is 71.4 Å². The van der Waals surface area contributed by atoms with Crippen LogP contribution in [0.1, 0.15) is 53.7 Å². The molecule has 142 valence electrons. The molecule has 0 aliphatic rings. The smallest absolute Gasteiger partial charge is 0.195 e. The Balaban J connectivity index is 2.30. The Bertz CT molecular complexity index is 1070. The Kier molecular flexibility index (Phi) is 5.51. The first-order valence-corrected chi connectivity index (χ1v) is 11.0. The molecule has 1 unspecified atom stereocenters. The zero-order valence-corrected chi connectivity index (χ0v) is 16.8. The summed E-state index contributed by atoms with van der Waals surface area (Å²) in [7, 11) is -3.31. The van der Waals surface area contributed by atoms with Crippen molar-refractivity contribution in [2.45, 2.75) is 39.0 Å². The van der Waals surface area contributed by atoms with E-state index in [0.717, 1.165) is 17.3 Å². The van der Waals surface area contributed by atoms with Gasteiger partial charge in [0, 0.05) is 22.4 Å². The van der Waals surface area contributed by atoms with E-state index in [9.17, 15) is 13.2 Å². The van der Waals surface area contributed by atoms with Crippen molar-refractivity contribution in [2.75, 3.05) is 5.75 Å². The van der Waals surface area contributed by atoms with Crippen molar-refractivity contribution in [3.63, 3.8) is 0 Å². The normalized spacial score (nSPS) is 13.0. The molecule has 0 radical (unpaired) electrons. The highest BCUT2D eigenvalue weighted by molar-refractivity contribution is 7.91. The van der Waals surface area contributed by atoms with Gasteiger partial charge < -0.3 is 4.57 Å². The summed E-state index contributed by atoms with van der Waals surface area (Å²) in [5.74, 6) is -0.00169. The van der Waals surface area contributed by atoms with Crippen LogP contribution in [0.25, 0.3) is 10.9 Å². The Hall–Kier alpha value is -2.40. The molecule has 1 heterocycles. The molecule has 3 aromatic rings. The summed E-state index contributed by atoms with van der Waals surface area (Å²) in [6, 6.07) is 16.7. The monoisotopic (exact) mass is 383 g/mol. The Labute approximate surface area is 160 Å².